The molecule has 0 aromatic rings. The maximum atomic E-state index is 11.5. The molecule has 0 bridgehead atoms. The quantitative estimate of drug-likeness (QED) is 0.631. The first-order valence-electron chi connectivity index (χ1n) is 6.23. The summed E-state index contributed by atoms with van der Waals surface area (Å²) in [6.45, 7) is 2.65. The maximum absolute atomic E-state index is 11.5. The monoisotopic (exact) mass is 240 g/mol. The fraction of sp³-hybridized carbons (Fsp3) is 0.750. The van der Waals surface area contributed by atoms with E-state index in [1.807, 2.05) is 0 Å². The van der Waals surface area contributed by atoms with Gasteiger partial charge in [0, 0.05) is 18.3 Å². The second-order valence-corrected chi connectivity index (χ2v) is 4.80. The van der Waals surface area contributed by atoms with E-state index in [-0.39, 0.29) is 5.91 Å². The molecule has 1 rings (SSSR count). The highest BCUT2D eigenvalue weighted by Gasteiger charge is 2.17. The predicted octanol–water partition coefficient (Wildman–Crippen LogP) is -0.0166. The molecule has 0 spiro atoms. The van der Waals surface area contributed by atoms with Gasteiger partial charge < -0.3 is 21.7 Å². The summed E-state index contributed by atoms with van der Waals surface area (Å²) in [6, 6.07) is 0. The smallest absolute Gasteiger partial charge is 0.220 e. The van der Waals surface area contributed by atoms with Gasteiger partial charge in [0.15, 0.2) is 0 Å². The van der Waals surface area contributed by atoms with Crippen molar-refractivity contribution in [1.29, 1.82) is 0 Å². The number of likely N-dealkylation sites (tertiary alicyclic amines) is 1. The zero-order valence-electron chi connectivity index (χ0n) is 10.6. The van der Waals surface area contributed by atoms with Crippen LogP contribution in [0.2, 0.25) is 0 Å². The van der Waals surface area contributed by atoms with Gasteiger partial charge in [0.2, 0.25) is 5.91 Å². The molecule has 5 heteroatoms. The van der Waals surface area contributed by atoms with Gasteiger partial charge in [-0.05, 0) is 45.3 Å². The van der Waals surface area contributed by atoms with Crippen molar-refractivity contribution in [1.82, 2.24) is 10.2 Å². The summed E-state index contributed by atoms with van der Waals surface area (Å²) in [5.41, 5.74) is 11.2. The van der Waals surface area contributed by atoms with E-state index >= 15 is 0 Å². The standard InChI is InChI=1S/C12H24N4O/c1-16-6-4-10(5-7-16)2-3-12(17)15-9-11(14)8-13/h8,10H,2-7,9,13-14H2,1H3,(H,15,17)/b11-8-. The normalized spacial score (nSPS) is 19.2. The topological polar surface area (TPSA) is 84.4 Å². The second-order valence-electron chi connectivity index (χ2n) is 4.80. The number of piperidine rings is 1. The summed E-state index contributed by atoms with van der Waals surface area (Å²) in [4.78, 5) is 13.9. The third-order valence-corrected chi connectivity index (χ3v) is 3.32. The Balaban J connectivity index is 2.11. The average molecular weight is 240 g/mol. The van der Waals surface area contributed by atoms with Crippen LogP contribution in [0, 0.1) is 5.92 Å². The summed E-state index contributed by atoms with van der Waals surface area (Å²) in [6.07, 6.45) is 5.29. The van der Waals surface area contributed by atoms with E-state index in [1.165, 1.54) is 19.0 Å². The zero-order chi connectivity index (χ0) is 12.7. The van der Waals surface area contributed by atoms with Crippen LogP contribution in [0.3, 0.4) is 0 Å². The first-order chi connectivity index (χ1) is 8.11. The molecule has 5 nitrogen and oxygen atoms in total. The number of nitrogens with one attached hydrogen (secondary N) is 1. The predicted molar refractivity (Wildman–Crippen MR) is 68.9 cm³/mol. The molecular weight excluding hydrogens is 216 g/mol. The van der Waals surface area contributed by atoms with E-state index < -0.39 is 0 Å². The molecule has 0 aliphatic carbocycles. The minimum Gasteiger partial charge on any atom is -0.403 e. The van der Waals surface area contributed by atoms with Crippen LogP contribution in [-0.4, -0.2) is 37.5 Å². The third-order valence-electron chi connectivity index (χ3n) is 3.32. The van der Waals surface area contributed by atoms with Crippen molar-refractivity contribution in [3.05, 3.63) is 11.9 Å². The average Bonchev–Trinajstić information content (AvgIpc) is 2.35. The van der Waals surface area contributed by atoms with Crippen molar-refractivity contribution >= 4 is 5.91 Å². The van der Waals surface area contributed by atoms with E-state index in [9.17, 15) is 4.79 Å². The Kier molecular flexibility index (Phi) is 5.83. The molecule has 1 amide bonds. The molecule has 1 aliphatic heterocycles. The molecule has 5 N–H and O–H groups in total. The highest BCUT2D eigenvalue weighted by Crippen LogP contribution is 2.20. The summed E-state index contributed by atoms with van der Waals surface area (Å²) in [5.74, 6) is 0.757. The van der Waals surface area contributed by atoms with Crippen LogP contribution in [0.25, 0.3) is 0 Å². The Morgan fingerprint density at radius 1 is 1.47 bits per heavy atom. The fourth-order valence-corrected chi connectivity index (χ4v) is 2.03. The van der Waals surface area contributed by atoms with Crippen molar-refractivity contribution in [3.63, 3.8) is 0 Å². The molecule has 0 radical (unpaired) electrons. The molecule has 1 aliphatic rings. The number of nitrogens with zero attached hydrogens (tertiary/aromatic N) is 1. The lowest BCUT2D eigenvalue weighted by Gasteiger charge is -2.28. The van der Waals surface area contributed by atoms with Crippen LogP contribution < -0.4 is 16.8 Å². The van der Waals surface area contributed by atoms with Crippen molar-refractivity contribution in [2.45, 2.75) is 25.7 Å². The van der Waals surface area contributed by atoms with Gasteiger partial charge in [0.25, 0.3) is 0 Å². The first kappa shape index (κ1) is 13.8. The number of carbonyl (C=O) groups is 1. The highest BCUT2D eigenvalue weighted by atomic mass is 16.1. The number of nitrogens with two attached hydrogens (primary N) is 2. The zero-order valence-corrected chi connectivity index (χ0v) is 10.6. The van der Waals surface area contributed by atoms with E-state index in [1.54, 1.807) is 0 Å². The van der Waals surface area contributed by atoms with Crippen molar-refractivity contribution in [2.24, 2.45) is 17.4 Å². The van der Waals surface area contributed by atoms with Gasteiger partial charge in [-0.3, -0.25) is 4.79 Å². The Labute approximate surface area is 103 Å². The fourth-order valence-electron chi connectivity index (χ4n) is 2.03. The lowest BCUT2D eigenvalue weighted by atomic mass is 9.92. The molecule has 0 aromatic carbocycles. The van der Waals surface area contributed by atoms with Gasteiger partial charge in [-0.25, -0.2) is 0 Å². The van der Waals surface area contributed by atoms with Crippen LogP contribution in [0.5, 0.6) is 0 Å². The molecule has 0 unspecified atom stereocenters. The largest absolute Gasteiger partial charge is 0.403 e. The molecule has 17 heavy (non-hydrogen) atoms. The van der Waals surface area contributed by atoms with Gasteiger partial charge in [0.1, 0.15) is 0 Å². The SMILES string of the molecule is CN1CCC(CCC(=O)NC/C(N)=C/N)CC1. The molecular formula is C12H24N4O. The van der Waals surface area contributed by atoms with Crippen LogP contribution in [0.1, 0.15) is 25.7 Å². The number of amides is 1. The van der Waals surface area contributed by atoms with E-state index in [0.717, 1.165) is 19.5 Å². The second kappa shape index (κ2) is 7.17. The van der Waals surface area contributed by atoms with Crippen LogP contribution in [-0.2, 0) is 4.79 Å². The summed E-state index contributed by atoms with van der Waals surface area (Å²) >= 11 is 0. The van der Waals surface area contributed by atoms with Crippen molar-refractivity contribution in [2.75, 3.05) is 26.7 Å². The summed E-state index contributed by atoms with van der Waals surface area (Å²) < 4.78 is 0. The van der Waals surface area contributed by atoms with Gasteiger partial charge in [-0.15, -0.1) is 0 Å². The maximum Gasteiger partial charge on any atom is 0.220 e. The van der Waals surface area contributed by atoms with E-state index in [2.05, 4.69) is 17.3 Å². The number of hydrogen-bond acceptors (Lipinski definition) is 4. The van der Waals surface area contributed by atoms with Gasteiger partial charge in [-0.1, -0.05) is 0 Å². The van der Waals surface area contributed by atoms with Gasteiger partial charge >= 0.3 is 0 Å². The summed E-state index contributed by atoms with van der Waals surface area (Å²) in [7, 11) is 2.14. The Morgan fingerprint density at radius 2 is 2.12 bits per heavy atom. The molecule has 1 fully saturated rings. The van der Waals surface area contributed by atoms with Gasteiger partial charge in [-0.2, -0.15) is 0 Å². The lowest BCUT2D eigenvalue weighted by molar-refractivity contribution is -0.121. The highest BCUT2D eigenvalue weighted by molar-refractivity contribution is 5.76. The summed E-state index contributed by atoms with van der Waals surface area (Å²) in [5, 5.41) is 2.76. The Morgan fingerprint density at radius 3 is 2.71 bits per heavy atom. The van der Waals surface area contributed by atoms with E-state index in [0.29, 0.717) is 24.6 Å². The molecule has 0 saturated carbocycles. The van der Waals surface area contributed by atoms with Gasteiger partial charge in [0.05, 0.1) is 6.54 Å². The molecule has 0 aromatic heterocycles. The minimum atomic E-state index is 0.0636. The Hall–Kier alpha value is -1.23. The Bertz CT molecular complexity index is 270. The third kappa shape index (κ3) is 5.58. The number of hydrogen-bond donors (Lipinski definition) is 3. The van der Waals surface area contributed by atoms with Crippen LogP contribution >= 0.6 is 0 Å². The lowest BCUT2D eigenvalue weighted by Crippen LogP contribution is -2.32. The first-order valence-corrected chi connectivity index (χ1v) is 6.23. The van der Waals surface area contributed by atoms with Crippen molar-refractivity contribution < 1.29 is 4.79 Å². The number of rotatable bonds is 5. The molecule has 1 saturated heterocycles. The minimum absolute atomic E-state index is 0.0636. The van der Waals surface area contributed by atoms with Crippen LogP contribution in [0.4, 0.5) is 0 Å². The number of carbonyl (C=O) groups excluding carboxylic acids is 1. The molecule has 0 atom stereocenters. The van der Waals surface area contributed by atoms with Crippen LogP contribution in [0.15, 0.2) is 11.9 Å². The molecule has 98 valence electrons. The van der Waals surface area contributed by atoms with E-state index in [4.69, 9.17) is 11.5 Å². The molecule has 1 heterocycles. The van der Waals surface area contributed by atoms with Crippen molar-refractivity contribution in [3.8, 4) is 0 Å².